The van der Waals surface area contributed by atoms with Gasteiger partial charge in [0, 0.05) is 5.82 Å². The summed E-state index contributed by atoms with van der Waals surface area (Å²) in [6, 6.07) is 0. The maximum atomic E-state index is 12.2. The zero-order valence-electron chi connectivity index (χ0n) is 11.6. The topological polar surface area (TPSA) is 44.8 Å². The highest BCUT2D eigenvalue weighted by atomic mass is 31.2. The van der Waals surface area contributed by atoms with E-state index < -0.39 is 7.60 Å². The molecule has 0 fully saturated rings. The van der Waals surface area contributed by atoms with E-state index in [9.17, 15) is 4.57 Å². The molecule has 5 heteroatoms. The molecule has 0 saturated carbocycles. The highest BCUT2D eigenvalue weighted by Gasteiger charge is 2.24. The predicted octanol–water partition coefficient (Wildman–Crippen LogP) is 4.24. The Kier molecular flexibility index (Phi) is 5.64. The lowest BCUT2D eigenvalue weighted by Crippen LogP contribution is -2.25. The second kappa shape index (κ2) is 6.55. The Morgan fingerprint density at radius 2 is 2.00 bits per heavy atom. The lowest BCUT2D eigenvalue weighted by molar-refractivity contribution is 0.0237. The summed E-state index contributed by atoms with van der Waals surface area (Å²) in [5.41, 5.74) is -0.171. The van der Waals surface area contributed by atoms with Gasteiger partial charge in [-0.15, -0.1) is 0 Å². The molecule has 0 radical (unpaired) electrons. The van der Waals surface area contributed by atoms with E-state index in [0.717, 1.165) is 18.6 Å². The lowest BCUT2D eigenvalue weighted by Gasteiger charge is -2.30. The van der Waals surface area contributed by atoms with Crippen molar-refractivity contribution in [3.63, 3.8) is 0 Å². The molecule has 4 nitrogen and oxygen atoms in total. The van der Waals surface area contributed by atoms with Gasteiger partial charge in [-0.05, 0) is 52.7 Å². The van der Waals surface area contributed by atoms with Gasteiger partial charge in [-0.2, -0.15) is 0 Å². The van der Waals surface area contributed by atoms with Gasteiger partial charge in [0.15, 0.2) is 0 Å². The van der Waals surface area contributed by atoms with Crippen LogP contribution in [0.2, 0.25) is 0 Å². The molecule has 0 aromatic heterocycles. The van der Waals surface area contributed by atoms with E-state index in [0.29, 0.717) is 13.2 Å². The van der Waals surface area contributed by atoms with Gasteiger partial charge in [0.05, 0.1) is 13.2 Å². The first-order chi connectivity index (χ1) is 8.41. The van der Waals surface area contributed by atoms with Gasteiger partial charge < -0.3 is 13.8 Å². The molecule has 0 N–H and O–H groups in total. The Balaban J connectivity index is 2.72. The van der Waals surface area contributed by atoms with Crippen molar-refractivity contribution < 1.29 is 18.3 Å². The molecule has 18 heavy (non-hydrogen) atoms. The molecular weight excluding hydrogens is 251 g/mol. The first-order valence-corrected chi connectivity index (χ1v) is 7.99. The fourth-order valence-corrected chi connectivity index (χ4v) is 3.02. The predicted molar refractivity (Wildman–Crippen MR) is 72.5 cm³/mol. The van der Waals surface area contributed by atoms with E-state index in [-0.39, 0.29) is 5.60 Å². The van der Waals surface area contributed by atoms with E-state index in [1.165, 1.54) is 5.82 Å². The largest absolute Gasteiger partial charge is 0.488 e. The number of allylic oxidation sites excluding steroid dienone is 2. The third-order valence-electron chi connectivity index (χ3n) is 2.53. The molecular formula is C13H23O4P. The van der Waals surface area contributed by atoms with Crippen molar-refractivity contribution in [2.24, 2.45) is 0 Å². The summed E-state index contributed by atoms with van der Waals surface area (Å²) in [5, 5.41) is 0. The van der Waals surface area contributed by atoms with Gasteiger partial charge in [-0.1, -0.05) is 0 Å². The molecule has 0 aromatic rings. The summed E-state index contributed by atoms with van der Waals surface area (Å²) in [4.78, 5) is 0. The van der Waals surface area contributed by atoms with E-state index in [2.05, 4.69) is 0 Å². The molecule has 1 heterocycles. The van der Waals surface area contributed by atoms with Crippen LogP contribution in [0.1, 0.15) is 40.5 Å². The SMILES string of the molecule is CCOP(=O)(/C=C/C1=CCCC(C)(C)O1)OCC. The molecule has 1 rings (SSSR count). The van der Waals surface area contributed by atoms with Crippen LogP contribution in [-0.4, -0.2) is 18.8 Å². The summed E-state index contributed by atoms with van der Waals surface area (Å²) < 4.78 is 28.3. The summed E-state index contributed by atoms with van der Waals surface area (Å²) in [6.07, 6.45) is 5.62. The van der Waals surface area contributed by atoms with Crippen LogP contribution >= 0.6 is 7.60 Å². The molecule has 0 aliphatic carbocycles. The summed E-state index contributed by atoms with van der Waals surface area (Å²) >= 11 is 0. The van der Waals surface area contributed by atoms with E-state index >= 15 is 0 Å². The first-order valence-electron chi connectivity index (χ1n) is 6.38. The number of ether oxygens (including phenoxy) is 1. The van der Waals surface area contributed by atoms with Gasteiger partial charge in [0.1, 0.15) is 11.4 Å². The lowest BCUT2D eigenvalue weighted by atomic mass is 10.00. The Morgan fingerprint density at radius 3 is 2.50 bits per heavy atom. The first kappa shape index (κ1) is 15.5. The second-order valence-electron chi connectivity index (χ2n) is 4.70. The maximum absolute atomic E-state index is 12.2. The van der Waals surface area contributed by atoms with Gasteiger partial charge >= 0.3 is 7.60 Å². The zero-order valence-corrected chi connectivity index (χ0v) is 12.5. The summed E-state index contributed by atoms with van der Waals surface area (Å²) in [5.74, 6) is 2.21. The van der Waals surface area contributed by atoms with Crippen LogP contribution in [0.5, 0.6) is 0 Å². The van der Waals surface area contributed by atoms with Crippen LogP contribution in [0, 0.1) is 0 Å². The molecule has 1 aliphatic rings. The Labute approximate surface area is 110 Å². The van der Waals surface area contributed by atoms with Crippen LogP contribution in [0.4, 0.5) is 0 Å². The minimum absolute atomic E-state index is 0.171. The normalized spacial score (nSPS) is 19.7. The fourth-order valence-electron chi connectivity index (χ4n) is 1.72. The molecule has 0 unspecified atom stereocenters. The summed E-state index contributed by atoms with van der Waals surface area (Å²) in [6.45, 7) is 8.37. The molecule has 0 amide bonds. The van der Waals surface area contributed by atoms with Gasteiger partial charge in [-0.25, -0.2) is 0 Å². The Morgan fingerprint density at radius 1 is 1.39 bits per heavy atom. The number of hydrogen-bond acceptors (Lipinski definition) is 4. The zero-order chi connectivity index (χ0) is 13.6. The third-order valence-corrected chi connectivity index (χ3v) is 4.28. The molecule has 104 valence electrons. The highest BCUT2D eigenvalue weighted by Crippen LogP contribution is 2.50. The van der Waals surface area contributed by atoms with E-state index in [1.54, 1.807) is 19.9 Å². The van der Waals surface area contributed by atoms with Gasteiger partial charge in [-0.3, -0.25) is 4.57 Å². The Bertz CT molecular complexity index is 361. The van der Waals surface area contributed by atoms with E-state index in [1.807, 2.05) is 19.9 Å². The van der Waals surface area contributed by atoms with Crippen molar-refractivity contribution in [2.45, 2.75) is 46.1 Å². The van der Waals surface area contributed by atoms with Crippen molar-refractivity contribution in [1.29, 1.82) is 0 Å². The fraction of sp³-hybridized carbons (Fsp3) is 0.692. The van der Waals surface area contributed by atoms with Gasteiger partial charge in [0.25, 0.3) is 0 Å². The smallest absolute Gasteiger partial charge is 0.354 e. The van der Waals surface area contributed by atoms with Crippen molar-refractivity contribution in [3.8, 4) is 0 Å². The molecule has 1 aliphatic heterocycles. The number of rotatable bonds is 6. The van der Waals surface area contributed by atoms with E-state index in [4.69, 9.17) is 13.8 Å². The molecule has 0 aromatic carbocycles. The van der Waals surface area contributed by atoms with Gasteiger partial charge in [0.2, 0.25) is 0 Å². The summed E-state index contributed by atoms with van der Waals surface area (Å²) in [7, 11) is -3.13. The average Bonchev–Trinajstić information content (AvgIpc) is 2.26. The third kappa shape index (κ3) is 4.97. The standard InChI is InChI=1S/C13H23O4P/c1-5-15-18(14,16-6-2)11-9-12-8-7-10-13(3,4)17-12/h8-9,11H,5-7,10H2,1-4H3/b11-9+. The van der Waals surface area contributed by atoms with Crippen LogP contribution in [0.15, 0.2) is 23.7 Å². The molecule has 0 saturated heterocycles. The van der Waals surface area contributed by atoms with Crippen molar-refractivity contribution >= 4 is 7.60 Å². The van der Waals surface area contributed by atoms with Crippen molar-refractivity contribution in [2.75, 3.05) is 13.2 Å². The average molecular weight is 274 g/mol. The molecule has 0 bridgehead atoms. The van der Waals surface area contributed by atoms with Crippen LogP contribution in [0.3, 0.4) is 0 Å². The van der Waals surface area contributed by atoms with Crippen LogP contribution in [0.25, 0.3) is 0 Å². The minimum atomic E-state index is -3.13. The van der Waals surface area contributed by atoms with Crippen LogP contribution in [-0.2, 0) is 18.3 Å². The van der Waals surface area contributed by atoms with Crippen molar-refractivity contribution in [1.82, 2.24) is 0 Å². The highest BCUT2D eigenvalue weighted by molar-refractivity contribution is 7.57. The molecule has 0 atom stereocenters. The van der Waals surface area contributed by atoms with Crippen molar-refractivity contribution in [3.05, 3.63) is 23.7 Å². The van der Waals surface area contributed by atoms with Crippen LogP contribution < -0.4 is 0 Å². The second-order valence-corrected chi connectivity index (χ2v) is 6.59. The molecule has 0 spiro atoms. The monoisotopic (exact) mass is 274 g/mol. The quantitative estimate of drug-likeness (QED) is 0.679. The Hall–Kier alpha value is -0.570. The number of hydrogen-bond donors (Lipinski definition) is 0. The minimum Gasteiger partial charge on any atom is -0.488 e. The maximum Gasteiger partial charge on any atom is 0.354 e.